The highest BCUT2D eigenvalue weighted by Gasteiger charge is 2.14. The second-order valence-electron chi connectivity index (χ2n) is 6.69. The Balaban J connectivity index is 1.94. The van der Waals surface area contributed by atoms with Crippen molar-refractivity contribution in [2.75, 3.05) is 19.8 Å². The van der Waals surface area contributed by atoms with Crippen LogP contribution in [0, 0.1) is 13.8 Å². The van der Waals surface area contributed by atoms with Crippen molar-refractivity contribution in [3.05, 3.63) is 65.4 Å². The summed E-state index contributed by atoms with van der Waals surface area (Å²) in [5, 5.41) is 3.87. The molecule has 1 heterocycles. The SMILES string of the molecule is CCOCCCNC(=O)c1cc(C)nc2c(-c3ccc(C)cc3)cccc12. The van der Waals surface area contributed by atoms with Gasteiger partial charge in [0.2, 0.25) is 0 Å². The summed E-state index contributed by atoms with van der Waals surface area (Å²) < 4.78 is 5.32. The number of pyridine rings is 1. The molecule has 1 aromatic heterocycles. The Labute approximate surface area is 160 Å². The predicted molar refractivity (Wildman–Crippen MR) is 110 cm³/mol. The molecular weight excluding hydrogens is 336 g/mol. The normalized spacial score (nSPS) is 10.9. The van der Waals surface area contributed by atoms with Crippen LogP contribution in [0.25, 0.3) is 22.0 Å². The Kier molecular flexibility index (Phi) is 6.20. The van der Waals surface area contributed by atoms with Gasteiger partial charge >= 0.3 is 0 Å². The van der Waals surface area contributed by atoms with E-state index in [1.807, 2.05) is 32.0 Å². The van der Waals surface area contributed by atoms with E-state index in [1.165, 1.54) is 5.56 Å². The average Bonchev–Trinajstić information content (AvgIpc) is 2.67. The number of nitrogens with zero attached hydrogens (tertiary/aromatic N) is 1. The van der Waals surface area contributed by atoms with Gasteiger partial charge in [-0.25, -0.2) is 0 Å². The Morgan fingerprint density at radius 3 is 2.63 bits per heavy atom. The molecule has 27 heavy (non-hydrogen) atoms. The van der Waals surface area contributed by atoms with Crippen molar-refractivity contribution in [3.8, 4) is 11.1 Å². The minimum absolute atomic E-state index is 0.0666. The van der Waals surface area contributed by atoms with Gasteiger partial charge in [0.1, 0.15) is 0 Å². The monoisotopic (exact) mass is 362 g/mol. The molecule has 0 spiro atoms. The van der Waals surface area contributed by atoms with Crippen LogP contribution in [0.3, 0.4) is 0 Å². The maximum atomic E-state index is 12.8. The summed E-state index contributed by atoms with van der Waals surface area (Å²) in [4.78, 5) is 17.5. The van der Waals surface area contributed by atoms with Gasteiger partial charge in [-0.2, -0.15) is 0 Å². The molecule has 140 valence electrons. The maximum Gasteiger partial charge on any atom is 0.252 e. The lowest BCUT2D eigenvalue weighted by molar-refractivity contribution is 0.0945. The van der Waals surface area contributed by atoms with E-state index in [2.05, 4.69) is 42.6 Å². The Bertz CT molecular complexity index is 933. The molecule has 0 aliphatic rings. The van der Waals surface area contributed by atoms with E-state index in [0.29, 0.717) is 25.3 Å². The van der Waals surface area contributed by atoms with Crippen molar-refractivity contribution in [1.82, 2.24) is 10.3 Å². The number of amides is 1. The van der Waals surface area contributed by atoms with Crippen molar-refractivity contribution in [1.29, 1.82) is 0 Å². The zero-order valence-electron chi connectivity index (χ0n) is 16.2. The fourth-order valence-electron chi connectivity index (χ4n) is 3.15. The first-order valence-electron chi connectivity index (χ1n) is 9.43. The van der Waals surface area contributed by atoms with E-state index in [0.717, 1.165) is 34.1 Å². The van der Waals surface area contributed by atoms with Crippen LogP contribution in [0.4, 0.5) is 0 Å². The molecule has 4 nitrogen and oxygen atoms in total. The fraction of sp³-hybridized carbons (Fsp3) is 0.304. The molecule has 4 heteroatoms. The molecule has 1 N–H and O–H groups in total. The first-order valence-corrected chi connectivity index (χ1v) is 9.43. The van der Waals surface area contributed by atoms with Crippen molar-refractivity contribution in [2.24, 2.45) is 0 Å². The molecule has 3 rings (SSSR count). The predicted octanol–water partition coefficient (Wildman–Crippen LogP) is 4.68. The van der Waals surface area contributed by atoms with E-state index in [1.54, 1.807) is 0 Å². The summed E-state index contributed by atoms with van der Waals surface area (Å²) in [5.41, 5.74) is 5.73. The zero-order valence-corrected chi connectivity index (χ0v) is 16.2. The molecule has 3 aromatic rings. The summed E-state index contributed by atoms with van der Waals surface area (Å²) in [6, 6.07) is 16.3. The van der Waals surface area contributed by atoms with Crippen LogP contribution < -0.4 is 5.32 Å². The Morgan fingerprint density at radius 1 is 1.11 bits per heavy atom. The van der Waals surface area contributed by atoms with Crippen LogP contribution in [-0.4, -0.2) is 30.6 Å². The zero-order chi connectivity index (χ0) is 19.2. The second-order valence-corrected chi connectivity index (χ2v) is 6.69. The van der Waals surface area contributed by atoms with Crippen LogP contribution >= 0.6 is 0 Å². The summed E-state index contributed by atoms with van der Waals surface area (Å²) in [6.07, 6.45) is 0.802. The van der Waals surface area contributed by atoms with Crippen LogP contribution in [0.15, 0.2) is 48.5 Å². The number of para-hydroxylation sites is 1. The Morgan fingerprint density at radius 2 is 1.89 bits per heavy atom. The Hall–Kier alpha value is -2.72. The highest BCUT2D eigenvalue weighted by atomic mass is 16.5. The van der Waals surface area contributed by atoms with Gasteiger partial charge in [-0.15, -0.1) is 0 Å². The van der Waals surface area contributed by atoms with Gasteiger partial charge in [0.05, 0.1) is 11.1 Å². The van der Waals surface area contributed by atoms with Crippen molar-refractivity contribution >= 4 is 16.8 Å². The fourth-order valence-corrected chi connectivity index (χ4v) is 3.15. The van der Waals surface area contributed by atoms with Gasteiger partial charge < -0.3 is 10.1 Å². The number of rotatable bonds is 7. The molecule has 1 amide bonds. The third-order valence-electron chi connectivity index (χ3n) is 4.53. The van der Waals surface area contributed by atoms with Gasteiger partial charge in [0.25, 0.3) is 5.91 Å². The second kappa shape index (κ2) is 8.78. The lowest BCUT2D eigenvalue weighted by atomic mass is 9.98. The highest BCUT2D eigenvalue weighted by Crippen LogP contribution is 2.29. The van der Waals surface area contributed by atoms with Crippen LogP contribution in [-0.2, 0) is 4.74 Å². The minimum Gasteiger partial charge on any atom is -0.382 e. The quantitative estimate of drug-likeness (QED) is 0.621. The lowest BCUT2D eigenvalue weighted by Gasteiger charge is -2.12. The number of hydrogen-bond donors (Lipinski definition) is 1. The molecule has 0 radical (unpaired) electrons. The number of ether oxygens (including phenoxy) is 1. The minimum atomic E-state index is -0.0666. The number of aromatic nitrogens is 1. The summed E-state index contributed by atoms with van der Waals surface area (Å²) in [6.45, 7) is 7.92. The van der Waals surface area contributed by atoms with Gasteiger partial charge in [-0.1, -0.05) is 48.0 Å². The molecule has 0 saturated carbocycles. The third-order valence-corrected chi connectivity index (χ3v) is 4.53. The average molecular weight is 362 g/mol. The third kappa shape index (κ3) is 4.52. The number of fused-ring (bicyclic) bond motifs is 1. The van der Waals surface area contributed by atoms with Gasteiger partial charge in [0, 0.05) is 36.4 Å². The molecule has 0 atom stereocenters. The number of carbonyl (C=O) groups excluding carboxylic acids is 1. The number of aryl methyl sites for hydroxylation is 2. The molecule has 2 aromatic carbocycles. The van der Waals surface area contributed by atoms with Crippen LogP contribution in [0.2, 0.25) is 0 Å². The first-order chi connectivity index (χ1) is 13.1. The maximum absolute atomic E-state index is 12.8. The van der Waals surface area contributed by atoms with Crippen LogP contribution in [0.5, 0.6) is 0 Å². The molecule has 0 saturated heterocycles. The topological polar surface area (TPSA) is 51.2 Å². The molecule has 0 fully saturated rings. The van der Waals surface area contributed by atoms with E-state index in [9.17, 15) is 4.79 Å². The van der Waals surface area contributed by atoms with Gasteiger partial charge in [-0.3, -0.25) is 9.78 Å². The van der Waals surface area contributed by atoms with Crippen molar-refractivity contribution < 1.29 is 9.53 Å². The number of benzene rings is 2. The van der Waals surface area contributed by atoms with E-state index < -0.39 is 0 Å². The summed E-state index contributed by atoms with van der Waals surface area (Å²) in [7, 11) is 0. The number of carbonyl (C=O) groups is 1. The van der Waals surface area contributed by atoms with E-state index in [4.69, 9.17) is 9.72 Å². The van der Waals surface area contributed by atoms with E-state index in [-0.39, 0.29) is 5.91 Å². The van der Waals surface area contributed by atoms with Crippen LogP contribution in [0.1, 0.15) is 35.0 Å². The standard InChI is InChI=1S/C23H26N2O2/c1-4-27-14-6-13-24-23(26)21-15-17(3)25-22-19(7-5-8-20(21)22)18-11-9-16(2)10-12-18/h5,7-12,15H,4,6,13-14H2,1-3H3,(H,24,26). The lowest BCUT2D eigenvalue weighted by Crippen LogP contribution is -2.25. The summed E-state index contributed by atoms with van der Waals surface area (Å²) in [5.74, 6) is -0.0666. The van der Waals surface area contributed by atoms with Crippen molar-refractivity contribution in [2.45, 2.75) is 27.2 Å². The largest absolute Gasteiger partial charge is 0.382 e. The number of hydrogen-bond acceptors (Lipinski definition) is 3. The van der Waals surface area contributed by atoms with Gasteiger partial charge in [0.15, 0.2) is 0 Å². The first kappa shape index (κ1) is 19.1. The molecule has 0 aliphatic heterocycles. The van der Waals surface area contributed by atoms with E-state index >= 15 is 0 Å². The van der Waals surface area contributed by atoms with Gasteiger partial charge in [-0.05, 0) is 38.8 Å². The molecule has 0 aliphatic carbocycles. The van der Waals surface area contributed by atoms with Crippen molar-refractivity contribution in [3.63, 3.8) is 0 Å². The molecule has 0 bridgehead atoms. The highest BCUT2D eigenvalue weighted by molar-refractivity contribution is 6.09. The molecule has 0 unspecified atom stereocenters. The molecular formula is C23H26N2O2. The smallest absolute Gasteiger partial charge is 0.252 e. The summed E-state index contributed by atoms with van der Waals surface area (Å²) >= 11 is 0. The number of nitrogens with one attached hydrogen (secondary N) is 1.